The van der Waals surface area contributed by atoms with E-state index in [9.17, 15) is 4.79 Å². The van der Waals surface area contributed by atoms with E-state index in [4.69, 9.17) is 5.26 Å². The number of rotatable bonds is 7. The zero-order chi connectivity index (χ0) is 11.7. The van der Waals surface area contributed by atoms with Gasteiger partial charge in [0.05, 0.1) is 6.07 Å². The van der Waals surface area contributed by atoms with Gasteiger partial charge in [-0.1, -0.05) is 40.0 Å². The third kappa shape index (κ3) is 6.96. The molecule has 0 aromatic carbocycles. The maximum Gasteiger partial charge on any atom is 0.221 e. The summed E-state index contributed by atoms with van der Waals surface area (Å²) in [5, 5.41) is 11.5. The van der Waals surface area contributed by atoms with Gasteiger partial charge in [-0.3, -0.25) is 4.79 Å². The number of carbonyl (C=O) groups is 1. The van der Waals surface area contributed by atoms with Crippen LogP contribution < -0.4 is 5.32 Å². The fourth-order valence-corrected chi connectivity index (χ4v) is 1.31. The molecule has 0 spiro atoms. The first-order valence-electron chi connectivity index (χ1n) is 5.80. The van der Waals surface area contributed by atoms with Crippen LogP contribution in [0.5, 0.6) is 0 Å². The van der Waals surface area contributed by atoms with Crippen LogP contribution in [-0.4, -0.2) is 11.9 Å². The molecule has 15 heavy (non-hydrogen) atoms. The molecule has 0 saturated heterocycles. The Hall–Kier alpha value is -1.04. The van der Waals surface area contributed by atoms with Crippen LogP contribution in [0.15, 0.2) is 0 Å². The van der Waals surface area contributed by atoms with Crippen LogP contribution in [-0.2, 0) is 4.79 Å². The number of nitrogens with zero attached hydrogens (tertiary/aromatic N) is 1. The highest BCUT2D eigenvalue weighted by atomic mass is 16.1. The smallest absolute Gasteiger partial charge is 0.221 e. The summed E-state index contributed by atoms with van der Waals surface area (Å²) >= 11 is 0. The highest BCUT2D eigenvalue weighted by molar-refractivity contribution is 5.76. The normalized spacial score (nSPS) is 12.2. The van der Waals surface area contributed by atoms with Crippen LogP contribution in [0.1, 0.15) is 52.9 Å². The van der Waals surface area contributed by atoms with Gasteiger partial charge in [0, 0.05) is 6.42 Å². The van der Waals surface area contributed by atoms with Crippen molar-refractivity contribution >= 4 is 5.91 Å². The largest absolute Gasteiger partial charge is 0.340 e. The van der Waals surface area contributed by atoms with Crippen molar-refractivity contribution in [3.05, 3.63) is 0 Å². The topological polar surface area (TPSA) is 52.9 Å². The molecular formula is C12H22N2O. The quantitative estimate of drug-likeness (QED) is 0.657. The summed E-state index contributed by atoms with van der Waals surface area (Å²) in [4.78, 5) is 11.4. The molecule has 3 nitrogen and oxygen atoms in total. The third-order valence-corrected chi connectivity index (χ3v) is 2.38. The Morgan fingerprint density at radius 3 is 2.47 bits per heavy atom. The lowest BCUT2D eigenvalue weighted by atomic mass is 10.1. The van der Waals surface area contributed by atoms with Crippen molar-refractivity contribution in [2.75, 3.05) is 0 Å². The SMILES string of the molecule is CCCCCCC(=O)NC(C#N)C(C)C. The van der Waals surface area contributed by atoms with Gasteiger partial charge >= 0.3 is 0 Å². The molecule has 0 bridgehead atoms. The van der Waals surface area contributed by atoms with Gasteiger partial charge in [-0.05, 0) is 12.3 Å². The maximum absolute atomic E-state index is 11.4. The summed E-state index contributed by atoms with van der Waals surface area (Å²) in [6.07, 6.45) is 4.93. The van der Waals surface area contributed by atoms with Crippen LogP contribution in [0.3, 0.4) is 0 Å². The van der Waals surface area contributed by atoms with E-state index in [1.165, 1.54) is 12.8 Å². The summed E-state index contributed by atoms with van der Waals surface area (Å²) in [5.41, 5.74) is 0. The van der Waals surface area contributed by atoms with Crippen LogP contribution in [0, 0.1) is 17.2 Å². The van der Waals surface area contributed by atoms with E-state index < -0.39 is 0 Å². The van der Waals surface area contributed by atoms with Crippen LogP contribution in [0.25, 0.3) is 0 Å². The zero-order valence-electron chi connectivity index (χ0n) is 10.0. The standard InChI is InChI=1S/C12H22N2O/c1-4-5-6-7-8-12(15)14-11(9-13)10(2)3/h10-11H,4-8H2,1-3H3,(H,14,15). The fraction of sp³-hybridized carbons (Fsp3) is 0.833. The minimum atomic E-state index is -0.344. The molecule has 0 aromatic rings. The maximum atomic E-state index is 11.4. The number of nitriles is 1. The van der Waals surface area contributed by atoms with Crippen molar-refractivity contribution in [3.63, 3.8) is 0 Å². The second-order valence-electron chi connectivity index (χ2n) is 4.23. The molecule has 1 amide bonds. The Morgan fingerprint density at radius 2 is 2.00 bits per heavy atom. The summed E-state index contributed by atoms with van der Waals surface area (Å²) in [6, 6.07) is 1.76. The molecule has 0 aliphatic rings. The van der Waals surface area contributed by atoms with Gasteiger partial charge in [-0.15, -0.1) is 0 Å². The Bertz CT molecular complexity index is 218. The molecule has 1 N–H and O–H groups in total. The number of hydrogen-bond acceptors (Lipinski definition) is 2. The van der Waals surface area contributed by atoms with Gasteiger partial charge in [0.15, 0.2) is 0 Å². The first-order valence-corrected chi connectivity index (χ1v) is 5.80. The van der Waals surface area contributed by atoms with Crippen molar-refractivity contribution < 1.29 is 4.79 Å². The number of nitrogens with one attached hydrogen (secondary N) is 1. The van der Waals surface area contributed by atoms with Crippen molar-refractivity contribution in [1.82, 2.24) is 5.32 Å². The van der Waals surface area contributed by atoms with E-state index in [1.54, 1.807) is 0 Å². The molecule has 0 radical (unpaired) electrons. The molecule has 0 heterocycles. The molecule has 0 aliphatic carbocycles. The van der Waals surface area contributed by atoms with E-state index in [1.807, 2.05) is 13.8 Å². The molecule has 1 atom stereocenters. The Labute approximate surface area is 92.9 Å². The molecule has 0 rings (SSSR count). The molecular weight excluding hydrogens is 188 g/mol. The van der Waals surface area contributed by atoms with Crippen molar-refractivity contribution in [2.24, 2.45) is 5.92 Å². The molecule has 0 saturated carbocycles. The van der Waals surface area contributed by atoms with Gasteiger partial charge in [0.1, 0.15) is 6.04 Å². The highest BCUT2D eigenvalue weighted by Crippen LogP contribution is 2.04. The predicted molar refractivity (Wildman–Crippen MR) is 61.1 cm³/mol. The predicted octanol–water partition coefficient (Wildman–Crippen LogP) is 2.62. The first-order chi connectivity index (χ1) is 7.11. The second-order valence-corrected chi connectivity index (χ2v) is 4.23. The van der Waals surface area contributed by atoms with Crippen LogP contribution >= 0.6 is 0 Å². The summed E-state index contributed by atoms with van der Waals surface area (Å²) < 4.78 is 0. The Balaban J connectivity index is 3.68. The Morgan fingerprint density at radius 1 is 1.33 bits per heavy atom. The number of unbranched alkanes of at least 4 members (excludes halogenated alkanes) is 3. The lowest BCUT2D eigenvalue weighted by molar-refractivity contribution is -0.121. The molecule has 86 valence electrons. The van der Waals surface area contributed by atoms with E-state index in [0.717, 1.165) is 12.8 Å². The van der Waals surface area contributed by atoms with E-state index in [0.29, 0.717) is 6.42 Å². The average molecular weight is 210 g/mol. The first kappa shape index (κ1) is 14.0. The fourth-order valence-electron chi connectivity index (χ4n) is 1.31. The van der Waals surface area contributed by atoms with Crippen LogP contribution in [0.4, 0.5) is 0 Å². The molecule has 1 unspecified atom stereocenters. The molecule has 0 aromatic heterocycles. The third-order valence-electron chi connectivity index (χ3n) is 2.38. The van der Waals surface area contributed by atoms with E-state index in [2.05, 4.69) is 18.3 Å². The van der Waals surface area contributed by atoms with E-state index >= 15 is 0 Å². The van der Waals surface area contributed by atoms with Gasteiger partial charge in [-0.2, -0.15) is 5.26 Å². The Kier molecular flexibility index (Phi) is 7.71. The summed E-state index contributed by atoms with van der Waals surface area (Å²) in [5.74, 6) is 0.181. The van der Waals surface area contributed by atoms with Gasteiger partial charge in [-0.25, -0.2) is 0 Å². The van der Waals surface area contributed by atoms with Crippen LogP contribution in [0.2, 0.25) is 0 Å². The van der Waals surface area contributed by atoms with E-state index in [-0.39, 0.29) is 17.9 Å². The highest BCUT2D eigenvalue weighted by Gasteiger charge is 2.14. The zero-order valence-corrected chi connectivity index (χ0v) is 10.0. The minimum Gasteiger partial charge on any atom is -0.340 e. The van der Waals surface area contributed by atoms with Crippen molar-refractivity contribution in [2.45, 2.75) is 58.9 Å². The molecule has 3 heteroatoms. The minimum absolute atomic E-state index is 0.00588. The lowest BCUT2D eigenvalue weighted by Gasteiger charge is -2.14. The summed E-state index contributed by atoms with van der Waals surface area (Å²) in [7, 11) is 0. The number of amides is 1. The molecule has 0 aliphatic heterocycles. The van der Waals surface area contributed by atoms with Crippen molar-refractivity contribution in [1.29, 1.82) is 5.26 Å². The van der Waals surface area contributed by atoms with Crippen molar-refractivity contribution in [3.8, 4) is 6.07 Å². The second kappa shape index (κ2) is 8.28. The van der Waals surface area contributed by atoms with Gasteiger partial charge in [0.25, 0.3) is 0 Å². The lowest BCUT2D eigenvalue weighted by Crippen LogP contribution is -2.37. The monoisotopic (exact) mass is 210 g/mol. The summed E-state index contributed by atoms with van der Waals surface area (Å²) in [6.45, 7) is 6.01. The van der Waals surface area contributed by atoms with Gasteiger partial charge < -0.3 is 5.32 Å². The van der Waals surface area contributed by atoms with Gasteiger partial charge in [0.2, 0.25) is 5.91 Å². The molecule has 0 fully saturated rings. The average Bonchev–Trinajstić information content (AvgIpc) is 2.20. The number of hydrogen-bond donors (Lipinski definition) is 1. The number of carbonyl (C=O) groups excluding carboxylic acids is 1.